The van der Waals surface area contributed by atoms with Gasteiger partial charge in [0, 0.05) is 19.3 Å². The van der Waals surface area contributed by atoms with Crippen LogP contribution in [0.4, 0.5) is 0 Å². The summed E-state index contributed by atoms with van der Waals surface area (Å²) < 4.78 is 60.9. The van der Waals surface area contributed by atoms with Crippen LogP contribution in [0.3, 0.4) is 0 Å². The van der Waals surface area contributed by atoms with Crippen molar-refractivity contribution < 1.29 is 75.8 Å². The average Bonchev–Trinajstić information content (AvgIpc) is 3.35. The van der Waals surface area contributed by atoms with Crippen molar-refractivity contribution in [2.45, 2.75) is 296 Å². The van der Waals surface area contributed by atoms with Crippen LogP contribution < -0.4 is 0 Å². The fraction of sp³-hybridized carbons (Fsp3) is 0.675. The molecule has 0 aromatic rings. The zero-order chi connectivity index (χ0) is 69.5. The van der Waals surface area contributed by atoms with Crippen LogP contribution in [-0.4, -0.2) is 95.9 Å². The number of rotatable bonds is 68. The molecule has 0 heterocycles. The summed E-state index contributed by atoms with van der Waals surface area (Å²) in [6.07, 6.45) is 82.2. The van der Waals surface area contributed by atoms with Gasteiger partial charge >= 0.3 is 33.6 Å². The first-order valence-corrected chi connectivity index (χ1v) is 39.5. The number of aliphatic hydroxyl groups excluding tert-OH is 2. The maximum atomic E-state index is 12.9. The molecule has 5 unspecified atom stereocenters. The Kier molecular flexibility index (Phi) is 66.4. The predicted molar refractivity (Wildman–Crippen MR) is 390 cm³/mol. The molecule has 0 aromatic heterocycles. The highest BCUT2D eigenvalue weighted by Gasteiger charge is 2.29. The molecule has 0 rings (SSSR count). The maximum Gasteiger partial charge on any atom is 0.472 e. The van der Waals surface area contributed by atoms with Crippen molar-refractivity contribution in [2.75, 3.05) is 39.6 Å². The Morgan fingerprint density at radius 1 is 0.305 bits per heavy atom. The molecule has 0 fully saturated rings. The van der Waals surface area contributed by atoms with E-state index in [-0.39, 0.29) is 19.3 Å². The van der Waals surface area contributed by atoms with Gasteiger partial charge in [0.1, 0.15) is 25.4 Å². The van der Waals surface area contributed by atoms with E-state index < -0.39 is 91.5 Å². The molecule has 16 nitrogen and oxygen atoms in total. The molecule has 544 valence electrons. The number of hydrogen-bond donors (Lipinski definition) is 4. The lowest BCUT2D eigenvalue weighted by Crippen LogP contribution is -2.30. The molecule has 0 aliphatic heterocycles. The molecule has 0 spiro atoms. The molecule has 0 radical (unpaired) electrons. The van der Waals surface area contributed by atoms with Gasteiger partial charge in [-0.15, -0.1) is 0 Å². The zero-order valence-electron chi connectivity index (χ0n) is 59.0. The summed E-state index contributed by atoms with van der Waals surface area (Å²) in [6.45, 7) is 2.44. The number of allylic oxidation sites excluding steroid dienone is 22. The number of carbonyl (C=O) groups is 3. The fourth-order valence-electron chi connectivity index (χ4n) is 9.24. The highest BCUT2D eigenvalue weighted by atomic mass is 31.2. The maximum absolute atomic E-state index is 12.9. The topological polar surface area (TPSA) is 231 Å². The Morgan fingerprint density at radius 3 is 0.926 bits per heavy atom. The lowest BCUT2D eigenvalue weighted by atomic mass is 10.1. The Labute approximate surface area is 575 Å². The SMILES string of the molecule is CC/C=C\C/C=C\C/C=C\C/C=C\C/C=C\C/C=C\CCCCCCCCC(=O)OCC(O)COP(=O)(O)OCC(O)COP(=O)(O)OCC(COC(=O)CCCCCCCCC/C=C\C/C=C\C/C=C\C/C=C\CCCCC)OC(=O)CCCCCCC/C=C\CCCC. The van der Waals surface area contributed by atoms with Gasteiger partial charge in [0.15, 0.2) is 6.10 Å². The van der Waals surface area contributed by atoms with Crippen LogP contribution in [0.15, 0.2) is 134 Å². The molecule has 5 atom stereocenters. The minimum atomic E-state index is -4.93. The molecule has 0 saturated carbocycles. The highest BCUT2D eigenvalue weighted by Crippen LogP contribution is 2.45. The Balaban J connectivity index is 4.56. The smallest absolute Gasteiger partial charge is 0.463 e. The number of unbranched alkanes of at least 4 members (excludes halogenated alkanes) is 23. The molecular formula is C77H130O16P2. The molecule has 0 amide bonds. The van der Waals surface area contributed by atoms with E-state index in [1.165, 1.54) is 38.5 Å². The van der Waals surface area contributed by atoms with Crippen LogP contribution in [0.1, 0.15) is 278 Å². The molecule has 0 saturated heterocycles. The number of hydrogen-bond acceptors (Lipinski definition) is 14. The minimum absolute atomic E-state index is 0.0883. The van der Waals surface area contributed by atoms with Crippen molar-refractivity contribution in [3.05, 3.63) is 134 Å². The number of esters is 3. The van der Waals surface area contributed by atoms with Crippen LogP contribution in [-0.2, 0) is 55.8 Å². The van der Waals surface area contributed by atoms with E-state index in [1.807, 2.05) is 0 Å². The second-order valence-electron chi connectivity index (χ2n) is 24.0. The molecule has 0 aromatic carbocycles. The van der Waals surface area contributed by atoms with Gasteiger partial charge in [0.25, 0.3) is 0 Å². The van der Waals surface area contributed by atoms with E-state index in [2.05, 4.69) is 154 Å². The van der Waals surface area contributed by atoms with Crippen LogP contribution in [0.5, 0.6) is 0 Å². The van der Waals surface area contributed by atoms with E-state index >= 15 is 0 Å². The van der Waals surface area contributed by atoms with Crippen molar-refractivity contribution in [3.63, 3.8) is 0 Å². The van der Waals surface area contributed by atoms with Gasteiger partial charge in [-0.05, 0) is 135 Å². The Bertz CT molecular complexity index is 2260. The Hall–Kier alpha value is -4.31. The van der Waals surface area contributed by atoms with Gasteiger partial charge < -0.3 is 34.2 Å². The van der Waals surface area contributed by atoms with E-state index in [0.29, 0.717) is 19.3 Å². The second-order valence-corrected chi connectivity index (χ2v) is 26.9. The number of phosphoric acid groups is 2. The summed E-state index contributed by atoms with van der Waals surface area (Å²) in [5.74, 6) is -1.62. The summed E-state index contributed by atoms with van der Waals surface area (Å²) in [4.78, 5) is 58.4. The fourth-order valence-corrected chi connectivity index (χ4v) is 10.8. The van der Waals surface area contributed by atoms with Crippen LogP contribution in [0.2, 0.25) is 0 Å². The molecule has 18 heteroatoms. The molecule has 4 N–H and O–H groups in total. The van der Waals surface area contributed by atoms with E-state index in [1.54, 1.807) is 0 Å². The second kappa shape index (κ2) is 69.6. The molecular weight excluding hydrogens is 1240 g/mol. The van der Waals surface area contributed by atoms with Gasteiger partial charge in [-0.2, -0.15) is 0 Å². The highest BCUT2D eigenvalue weighted by molar-refractivity contribution is 7.47. The van der Waals surface area contributed by atoms with Gasteiger partial charge in [-0.1, -0.05) is 257 Å². The van der Waals surface area contributed by atoms with Gasteiger partial charge in [-0.25, -0.2) is 9.13 Å². The summed E-state index contributed by atoms with van der Waals surface area (Å²) in [7, 11) is -9.79. The summed E-state index contributed by atoms with van der Waals surface area (Å²) in [5, 5.41) is 20.6. The lowest BCUT2D eigenvalue weighted by molar-refractivity contribution is -0.161. The standard InChI is InChI=1S/C77H130O16P2/c1-4-7-10-13-16-19-22-24-26-28-30-32-34-35-37-39-40-42-44-46-49-51-54-57-60-63-75(80)87-66-72(78)67-89-94(83,84)90-68-73(79)69-91-95(85,86)92-71-74(93-77(82)65-62-59-56-53-48-21-18-15-12-9-6-3)70-88-76(81)64-61-58-55-52-50-47-45-43-41-38-36-33-31-29-27-25-23-20-17-14-11-8-5-2/h7,10,15-20,24-27,30-33,35,37-38,40-42,72-74,78-79H,4-6,8-9,11-14,21-23,28-29,34,36,39,43-71H2,1-3H3,(H,83,84)(H,85,86)/b10-7-,18-15-,19-16-,20-17-,26-24-,27-25-,32-30-,33-31-,37-35-,41-38-,42-40-. The van der Waals surface area contributed by atoms with E-state index in [9.17, 15) is 43.5 Å². The number of ether oxygens (including phenoxy) is 3. The van der Waals surface area contributed by atoms with Crippen LogP contribution in [0.25, 0.3) is 0 Å². The number of phosphoric ester groups is 2. The quantitative estimate of drug-likeness (QED) is 0.0146. The van der Waals surface area contributed by atoms with Gasteiger partial charge in [0.05, 0.1) is 26.4 Å². The lowest BCUT2D eigenvalue weighted by Gasteiger charge is -2.21. The predicted octanol–water partition coefficient (Wildman–Crippen LogP) is 20.8. The van der Waals surface area contributed by atoms with Crippen LogP contribution in [0, 0.1) is 0 Å². The van der Waals surface area contributed by atoms with Crippen molar-refractivity contribution >= 4 is 33.6 Å². The largest absolute Gasteiger partial charge is 0.472 e. The summed E-state index contributed by atoms with van der Waals surface area (Å²) >= 11 is 0. The van der Waals surface area contributed by atoms with E-state index in [0.717, 1.165) is 180 Å². The molecule has 0 aliphatic carbocycles. The minimum Gasteiger partial charge on any atom is -0.463 e. The first-order chi connectivity index (χ1) is 46.2. The van der Waals surface area contributed by atoms with E-state index in [4.69, 9.17) is 32.3 Å². The van der Waals surface area contributed by atoms with Crippen molar-refractivity contribution in [1.82, 2.24) is 0 Å². The third-order valence-electron chi connectivity index (χ3n) is 14.8. The van der Waals surface area contributed by atoms with Gasteiger partial charge in [-0.3, -0.25) is 32.5 Å². The van der Waals surface area contributed by atoms with Crippen molar-refractivity contribution in [3.8, 4) is 0 Å². The van der Waals surface area contributed by atoms with Crippen molar-refractivity contribution in [1.29, 1.82) is 0 Å². The van der Waals surface area contributed by atoms with Crippen LogP contribution >= 0.6 is 15.6 Å². The first-order valence-electron chi connectivity index (χ1n) is 36.5. The monoisotopic (exact) mass is 1370 g/mol. The summed E-state index contributed by atoms with van der Waals surface area (Å²) in [5.41, 5.74) is 0. The van der Waals surface area contributed by atoms with Crippen molar-refractivity contribution in [2.24, 2.45) is 0 Å². The third-order valence-corrected chi connectivity index (χ3v) is 16.7. The molecule has 0 aliphatic rings. The average molecular weight is 1370 g/mol. The Morgan fingerprint density at radius 2 is 0.568 bits per heavy atom. The number of carbonyl (C=O) groups excluding carboxylic acids is 3. The number of aliphatic hydroxyl groups is 2. The normalized spacial score (nSPS) is 14.9. The first kappa shape index (κ1) is 90.7. The zero-order valence-corrected chi connectivity index (χ0v) is 60.8. The molecule has 0 bridgehead atoms. The molecule has 95 heavy (non-hydrogen) atoms. The third kappa shape index (κ3) is 70.8. The van der Waals surface area contributed by atoms with Gasteiger partial charge in [0.2, 0.25) is 0 Å². The summed E-state index contributed by atoms with van der Waals surface area (Å²) in [6, 6.07) is 0.